The molecule has 0 aromatic heterocycles. The molecule has 1 unspecified atom stereocenters. The molecule has 0 amide bonds. The van der Waals surface area contributed by atoms with Gasteiger partial charge in [0.1, 0.15) is 5.69 Å². The second-order valence-corrected chi connectivity index (χ2v) is 6.04. The Labute approximate surface area is 115 Å². The van der Waals surface area contributed by atoms with Gasteiger partial charge in [-0.2, -0.15) is 0 Å². The maximum Gasteiger partial charge on any atom is 0.293 e. The Morgan fingerprint density at radius 1 is 1.50 bits per heavy atom. The van der Waals surface area contributed by atoms with E-state index in [9.17, 15) is 10.1 Å². The van der Waals surface area contributed by atoms with Crippen molar-refractivity contribution in [2.24, 2.45) is 11.8 Å². The number of hydrogen-bond donors (Lipinski definition) is 0. The number of benzene rings is 1. The van der Waals surface area contributed by atoms with Crippen molar-refractivity contribution in [3.63, 3.8) is 0 Å². The van der Waals surface area contributed by atoms with E-state index in [2.05, 4.69) is 34.7 Å². The number of halogens is 1. The van der Waals surface area contributed by atoms with Gasteiger partial charge in [-0.15, -0.1) is 0 Å². The molecule has 1 fully saturated rings. The molecule has 0 aliphatic carbocycles. The predicted molar refractivity (Wildman–Crippen MR) is 76.0 cm³/mol. The fourth-order valence-electron chi connectivity index (χ4n) is 2.46. The number of nitrogens with zero attached hydrogens (tertiary/aromatic N) is 2. The van der Waals surface area contributed by atoms with Gasteiger partial charge in [0.05, 0.1) is 4.92 Å². The smallest absolute Gasteiger partial charge is 0.293 e. The summed E-state index contributed by atoms with van der Waals surface area (Å²) < 4.78 is 0.748. The molecule has 1 heterocycles. The lowest BCUT2D eigenvalue weighted by atomic mass is 9.95. The van der Waals surface area contributed by atoms with Gasteiger partial charge in [0, 0.05) is 23.6 Å². The van der Waals surface area contributed by atoms with Crippen LogP contribution in [0.1, 0.15) is 20.3 Å². The van der Waals surface area contributed by atoms with E-state index >= 15 is 0 Å². The third-order valence-corrected chi connectivity index (χ3v) is 4.14. The highest BCUT2D eigenvalue weighted by atomic mass is 79.9. The number of nitro benzene ring substituents is 1. The predicted octanol–water partition coefficient (Wildman–Crippen LogP) is 3.84. The van der Waals surface area contributed by atoms with Gasteiger partial charge in [-0.1, -0.05) is 29.8 Å². The summed E-state index contributed by atoms with van der Waals surface area (Å²) in [6, 6.07) is 5.29. The van der Waals surface area contributed by atoms with Crippen LogP contribution in [0, 0.1) is 22.0 Å². The maximum absolute atomic E-state index is 11.1. The molecule has 0 spiro atoms. The average molecular weight is 313 g/mol. The largest absolute Gasteiger partial charge is 0.366 e. The zero-order valence-electron chi connectivity index (χ0n) is 10.6. The molecule has 1 atom stereocenters. The first-order chi connectivity index (χ1) is 8.49. The lowest BCUT2D eigenvalue weighted by molar-refractivity contribution is -0.384. The Morgan fingerprint density at radius 2 is 2.22 bits per heavy atom. The molecule has 98 valence electrons. The van der Waals surface area contributed by atoms with Crippen molar-refractivity contribution in [2.45, 2.75) is 20.3 Å². The van der Waals surface area contributed by atoms with Crippen LogP contribution in [-0.4, -0.2) is 18.0 Å². The summed E-state index contributed by atoms with van der Waals surface area (Å²) in [6.45, 7) is 6.25. The van der Waals surface area contributed by atoms with Crippen LogP contribution in [0.2, 0.25) is 0 Å². The lowest BCUT2D eigenvalue weighted by Gasteiger charge is -2.20. The van der Waals surface area contributed by atoms with E-state index in [-0.39, 0.29) is 10.6 Å². The molecular weight excluding hydrogens is 296 g/mol. The van der Waals surface area contributed by atoms with E-state index in [4.69, 9.17) is 0 Å². The SMILES string of the molecule is CC(C)C1CCN(c2ccc(Br)cc2[N+](=O)[O-])C1. The van der Waals surface area contributed by atoms with Crippen LogP contribution in [-0.2, 0) is 0 Å². The average Bonchev–Trinajstić information content (AvgIpc) is 2.78. The highest BCUT2D eigenvalue weighted by molar-refractivity contribution is 9.10. The second-order valence-electron chi connectivity index (χ2n) is 5.13. The summed E-state index contributed by atoms with van der Waals surface area (Å²) in [7, 11) is 0. The van der Waals surface area contributed by atoms with Crippen LogP contribution in [0.5, 0.6) is 0 Å². The second kappa shape index (κ2) is 5.26. The monoisotopic (exact) mass is 312 g/mol. The van der Waals surface area contributed by atoms with E-state index in [0.29, 0.717) is 11.8 Å². The number of rotatable bonds is 3. The van der Waals surface area contributed by atoms with E-state index in [1.807, 2.05) is 12.1 Å². The Hall–Kier alpha value is -1.10. The molecule has 4 nitrogen and oxygen atoms in total. The van der Waals surface area contributed by atoms with Crippen LogP contribution in [0.4, 0.5) is 11.4 Å². The van der Waals surface area contributed by atoms with Crippen molar-refractivity contribution >= 4 is 27.3 Å². The van der Waals surface area contributed by atoms with E-state index in [1.54, 1.807) is 6.07 Å². The van der Waals surface area contributed by atoms with Gasteiger partial charge in [-0.05, 0) is 30.4 Å². The number of nitro groups is 1. The normalized spacial score (nSPS) is 19.6. The summed E-state index contributed by atoms with van der Waals surface area (Å²) >= 11 is 3.29. The minimum Gasteiger partial charge on any atom is -0.366 e. The fourth-order valence-corrected chi connectivity index (χ4v) is 2.81. The molecule has 0 N–H and O–H groups in total. The van der Waals surface area contributed by atoms with E-state index in [0.717, 1.165) is 29.7 Å². The molecule has 1 aromatic carbocycles. The van der Waals surface area contributed by atoms with Crippen molar-refractivity contribution in [2.75, 3.05) is 18.0 Å². The van der Waals surface area contributed by atoms with Crippen molar-refractivity contribution in [3.8, 4) is 0 Å². The molecular formula is C13H17BrN2O2. The Morgan fingerprint density at radius 3 is 2.78 bits per heavy atom. The van der Waals surface area contributed by atoms with Crippen molar-refractivity contribution < 1.29 is 4.92 Å². The third-order valence-electron chi connectivity index (χ3n) is 3.64. The summed E-state index contributed by atoms with van der Waals surface area (Å²) in [5.41, 5.74) is 0.931. The first-order valence-corrected chi connectivity index (χ1v) is 6.97. The zero-order valence-corrected chi connectivity index (χ0v) is 12.2. The maximum atomic E-state index is 11.1. The van der Waals surface area contributed by atoms with Crippen LogP contribution in [0.25, 0.3) is 0 Å². The Bertz CT molecular complexity index is 462. The summed E-state index contributed by atoms with van der Waals surface area (Å²) in [4.78, 5) is 12.9. The first-order valence-electron chi connectivity index (χ1n) is 6.18. The van der Waals surface area contributed by atoms with Crippen molar-refractivity contribution in [1.82, 2.24) is 0 Å². The van der Waals surface area contributed by atoms with Gasteiger partial charge in [-0.3, -0.25) is 10.1 Å². The Kier molecular flexibility index (Phi) is 3.90. The van der Waals surface area contributed by atoms with Gasteiger partial charge in [0.2, 0.25) is 0 Å². The highest BCUT2D eigenvalue weighted by Gasteiger charge is 2.29. The topological polar surface area (TPSA) is 46.4 Å². The molecule has 2 rings (SSSR count). The molecule has 0 saturated carbocycles. The van der Waals surface area contributed by atoms with Gasteiger partial charge in [0.15, 0.2) is 0 Å². The zero-order chi connectivity index (χ0) is 13.3. The Balaban J connectivity index is 2.27. The first kappa shape index (κ1) is 13.3. The standard InChI is InChI=1S/C13H17BrN2O2/c1-9(2)10-5-6-15(8-10)12-4-3-11(14)7-13(12)16(17)18/h3-4,7,9-10H,5-6,8H2,1-2H3. The fraction of sp³-hybridized carbons (Fsp3) is 0.538. The van der Waals surface area contributed by atoms with E-state index < -0.39 is 0 Å². The molecule has 0 bridgehead atoms. The summed E-state index contributed by atoms with van der Waals surface area (Å²) in [6.07, 6.45) is 1.12. The number of hydrogen-bond acceptors (Lipinski definition) is 3. The third kappa shape index (κ3) is 2.66. The van der Waals surface area contributed by atoms with Crippen molar-refractivity contribution in [1.29, 1.82) is 0 Å². The molecule has 18 heavy (non-hydrogen) atoms. The molecule has 1 aromatic rings. The van der Waals surface area contributed by atoms with Crippen LogP contribution in [0.15, 0.2) is 22.7 Å². The van der Waals surface area contributed by atoms with E-state index in [1.165, 1.54) is 0 Å². The highest BCUT2D eigenvalue weighted by Crippen LogP contribution is 2.35. The van der Waals surface area contributed by atoms with Gasteiger partial charge in [-0.25, -0.2) is 0 Å². The van der Waals surface area contributed by atoms with Gasteiger partial charge in [0.25, 0.3) is 5.69 Å². The van der Waals surface area contributed by atoms with Crippen LogP contribution >= 0.6 is 15.9 Å². The molecule has 1 aliphatic heterocycles. The quantitative estimate of drug-likeness (QED) is 0.629. The molecule has 0 radical (unpaired) electrons. The number of anilines is 1. The minimum absolute atomic E-state index is 0.189. The van der Waals surface area contributed by atoms with Crippen molar-refractivity contribution in [3.05, 3.63) is 32.8 Å². The van der Waals surface area contributed by atoms with Crippen LogP contribution < -0.4 is 4.90 Å². The summed E-state index contributed by atoms with van der Waals surface area (Å²) in [5, 5.41) is 11.1. The molecule has 1 saturated heterocycles. The minimum atomic E-state index is -0.303. The molecule has 1 aliphatic rings. The lowest BCUT2D eigenvalue weighted by Crippen LogP contribution is -2.22. The van der Waals surface area contributed by atoms with Gasteiger partial charge >= 0.3 is 0 Å². The van der Waals surface area contributed by atoms with Crippen LogP contribution in [0.3, 0.4) is 0 Å². The van der Waals surface area contributed by atoms with Gasteiger partial charge < -0.3 is 4.90 Å². The molecule has 5 heteroatoms. The summed E-state index contributed by atoms with van der Waals surface area (Å²) in [5.74, 6) is 1.26.